The molecule has 0 spiro atoms. The molecule has 4 N–H and O–H groups in total. The van der Waals surface area contributed by atoms with Gasteiger partial charge in [-0.1, -0.05) is 6.58 Å². The topological polar surface area (TPSA) is 61.3 Å². The van der Waals surface area contributed by atoms with Gasteiger partial charge in [-0.3, -0.25) is 0 Å². The number of benzene rings is 1. The number of ether oxygens (including phenoxy) is 1. The maximum atomic E-state index is 5.70. The average Bonchev–Trinajstić information content (AvgIpc) is 2.01. The molecule has 0 bridgehead atoms. The Hall–Kier alpha value is -1.64. The van der Waals surface area contributed by atoms with Gasteiger partial charge in [0.15, 0.2) is 0 Å². The molecule has 0 saturated heterocycles. The molecule has 0 amide bonds. The van der Waals surface area contributed by atoms with E-state index < -0.39 is 0 Å². The van der Waals surface area contributed by atoms with Gasteiger partial charge in [0.05, 0.1) is 6.10 Å². The van der Waals surface area contributed by atoms with Gasteiger partial charge in [0, 0.05) is 23.0 Å². The van der Waals surface area contributed by atoms with Crippen LogP contribution in [0.2, 0.25) is 0 Å². The molecule has 3 heteroatoms. The Labute approximate surface area is 84.4 Å². The van der Waals surface area contributed by atoms with E-state index in [4.69, 9.17) is 16.2 Å². The Morgan fingerprint density at radius 1 is 1.36 bits per heavy atom. The monoisotopic (exact) mass is 192 g/mol. The summed E-state index contributed by atoms with van der Waals surface area (Å²) in [4.78, 5) is 0. The lowest BCUT2D eigenvalue weighted by Gasteiger charge is -2.11. The SMILES string of the molecule is C=C(N)c1cc(N)cc(OC(C)C)c1. The minimum absolute atomic E-state index is 0.121. The van der Waals surface area contributed by atoms with E-state index >= 15 is 0 Å². The van der Waals surface area contributed by atoms with E-state index in [-0.39, 0.29) is 6.10 Å². The summed E-state index contributed by atoms with van der Waals surface area (Å²) in [6, 6.07) is 5.38. The van der Waals surface area contributed by atoms with Crippen molar-refractivity contribution in [2.45, 2.75) is 20.0 Å². The molecular formula is C11H16N2O. The van der Waals surface area contributed by atoms with Crippen molar-refractivity contribution >= 4 is 11.4 Å². The van der Waals surface area contributed by atoms with Crippen LogP contribution >= 0.6 is 0 Å². The van der Waals surface area contributed by atoms with E-state index in [1.807, 2.05) is 19.9 Å². The Kier molecular flexibility index (Phi) is 3.02. The van der Waals surface area contributed by atoms with Crippen LogP contribution < -0.4 is 16.2 Å². The van der Waals surface area contributed by atoms with Crippen LogP contribution in [-0.4, -0.2) is 6.10 Å². The van der Waals surface area contributed by atoms with Crippen molar-refractivity contribution in [2.75, 3.05) is 5.73 Å². The molecule has 0 fully saturated rings. The van der Waals surface area contributed by atoms with Crippen LogP contribution in [0.25, 0.3) is 5.70 Å². The van der Waals surface area contributed by atoms with Crippen molar-refractivity contribution in [2.24, 2.45) is 5.73 Å². The third-order valence-electron chi connectivity index (χ3n) is 1.67. The second-order valence-electron chi connectivity index (χ2n) is 3.48. The Bertz CT molecular complexity index is 345. The standard InChI is InChI=1S/C11H16N2O/c1-7(2)14-11-5-9(8(3)12)4-10(13)6-11/h4-7H,3,12-13H2,1-2H3. The highest BCUT2D eigenvalue weighted by molar-refractivity contribution is 5.66. The second-order valence-corrected chi connectivity index (χ2v) is 3.48. The first-order valence-electron chi connectivity index (χ1n) is 4.51. The maximum Gasteiger partial charge on any atom is 0.122 e. The van der Waals surface area contributed by atoms with Crippen LogP contribution in [0.3, 0.4) is 0 Å². The molecule has 0 atom stereocenters. The third-order valence-corrected chi connectivity index (χ3v) is 1.67. The van der Waals surface area contributed by atoms with Crippen LogP contribution in [0.1, 0.15) is 19.4 Å². The predicted molar refractivity (Wildman–Crippen MR) is 59.8 cm³/mol. The summed E-state index contributed by atoms with van der Waals surface area (Å²) in [5.41, 5.74) is 13.2. The van der Waals surface area contributed by atoms with Crippen LogP contribution in [0.4, 0.5) is 5.69 Å². The first-order chi connectivity index (χ1) is 6.49. The second kappa shape index (κ2) is 4.05. The van der Waals surface area contributed by atoms with Crippen molar-refractivity contribution < 1.29 is 4.74 Å². The summed E-state index contributed by atoms with van der Waals surface area (Å²) in [6.45, 7) is 7.57. The fraction of sp³-hybridized carbons (Fsp3) is 0.273. The van der Waals surface area contributed by atoms with E-state index in [2.05, 4.69) is 6.58 Å². The summed E-state index contributed by atoms with van der Waals surface area (Å²) < 4.78 is 5.51. The zero-order valence-corrected chi connectivity index (χ0v) is 8.58. The van der Waals surface area contributed by atoms with Gasteiger partial charge >= 0.3 is 0 Å². The van der Waals surface area contributed by atoms with Gasteiger partial charge in [-0.2, -0.15) is 0 Å². The molecule has 76 valence electrons. The smallest absolute Gasteiger partial charge is 0.122 e. The van der Waals surface area contributed by atoms with E-state index in [0.717, 1.165) is 11.3 Å². The van der Waals surface area contributed by atoms with Gasteiger partial charge in [-0.15, -0.1) is 0 Å². The third kappa shape index (κ3) is 2.69. The van der Waals surface area contributed by atoms with Crippen molar-refractivity contribution in [1.82, 2.24) is 0 Å². The quantitative estimate of drug-likeness (QED) is 0.720. The molecule has 0 aliphatic carbocycles. The fourth-order valence-corrected chi connectivity index (χ4v) is 1.15. The highest BCUT2D eigenvalue weighted by atomic mass is 16.5. The minimum Gasteiger partial charge on any atom is -0.491 e. The summed E-state index contributed by atoms with van der Waals surface area (Å²) in [6.07, 6.45) is 0.121. The number of hydrogen-bond acceptors (Lipinski definition) is 3. The van der Waals surface area contributed by atoms with Crippen LogP contribution in [0.15, 0.2) is 24.8 Å². The Morgan fingerprint density at radius 2 is 2.00 bits per heavy atom. The summed E-state index contributed by atoms with van der Waals surface area (Å²) in [5.74, 6) is 0.724. The van der Waals surface area contributed by atoms with Gasteiger partial charge in [0.25, 0.3) is 0 Å². The lowest BCUT2D eigenvalue weighted by molar-refractivity contribution is 0.242. The number of nitrogens with two attached hydrogens (primary N) is 2. The summed E-state index contributed by atoms with van der Waals surface area (Å²) in [5, 5.41) is 0. The van der Waals surface area contributed by atoms with Crippen molar-refractivity contribution in [3.8, 4) is 5.75 Å². The van der Waals surface area contributed by atoms with Crippen LogP contribution in [-0.2, 0) is 0 Å². The highest BCUT2D eigenvalue weighted by Crippen LogP contribution is 2.22. The number of nitrogen functional groups attached to an aromatic ring is 1. The van der Waals surface area contributed by atoms with Gasteiger partial charge in [-0.25, -0.2) is 0 Å². The number of anilines is 1. The Morgan fingerprint density at radius 3 is 2.50 bits per heavy atom. The molecule has 0 unspecified atom stereocenters. The fourth-order valence-electron chi connectivity index (χ4n) is 1.15. The predicted octanol–water partition coefficient (Wildman–Crippen LogP) is 1.99. The van der Waals surface area contributed by atoms with Gasteiger partial charge in [0.1, 0.15) is 5.75 Å². The molecule has 1 aromatic rings. The molecule has 0 saturated carbocycles. The van der Waals surface area contributed by atoms with Gasteiger partial charge < -0.3 is 16.2 Å². The molecule has 1 rings (SSSR count). The minimum atomic E-state index is 0.121. The zero-order chi connectivity index (χ0) is 10.7. The highest BCUT2D eigenvalue weighted by Gasteiger charge is 2.02. The molecule has 0 aliphatic rings. The molecule has 0 radical (unpaired) electrons. The van der Waals surface area contributed by atoms with Crippen molar-refractivity contribution in [3.63, 3.8) is 0 Å². The normalized spacial score (nSPS) is 10.2. The van der Waals surface area contributed by atoms with Crippen molar-refractivity contribution in [3.05, 3.63) is 30.3 Å². The molecular weight excluding hydrogens is 176 g/mol. The van der Waals surface area contributed by atoms with Gasteiger partial charge in [-0.05, 0) is 26.0 Å². The molecule has 3 nitrogen and oxygen atoms in total. The van der Waals surface area contributed by atoms with E-state index in [1.54, 1.807) is 12.1 Å². The molecule has 0 heterocycles. The zero-order valence-electron chi connectivity index (χ0n) is 8.58. The van der Waals surface area contributed by atoms with Crippen LogP contribution in [0, 0.1) is 0 Å². The summed E-state index contributed by atoms with van der Waals surface area (Å²) in [7, 11) is 0. The maximum absolute atomic E-state index is 5.70. The van der Waals surface area contributed by atoms with Crippen molar-refractivity contribution in [1.29, 1.82) is 0 Å². The largest absolute Gasteiger partial charge is 0.491 e. The lowest BCUT2D eigenvalue weighted by atomic mass is 10.1. The van der Waals surface area contributed by atoms with Gasteiger partial charge in [0.2, 0.25) is 0 Å². The molecule has 1 aromatic carbocycles. The molecule has 0 aliphatic heterocycles. The van der Waals surface area contributed by atoms with E-state index in [1.165, 1.54) is 0 Å². The molecule has 0 aromatic heterocycles. The lowest BCUT2D eigenvalue weighted by Crippen LogP contribution is -2.06. The number of rotatable bonds is 3. The average molecular weight is 192 g/mol. The Balaban J connectivity index is 3.01. The van der Waals surface area contributed by atoms with E-state index in [9.17, 15) is 0 Å². The molecule has 14 heavy (non-hydrogen) atoms. The first kappa shape index (κ1) is 10.4. The van der Waals surface area contributed by atoms with E-state index in [0.29, 0.717) is 11.4 Å². The van der Waals surface area contributed by atoms with Crippen LogP contribution in [0.5, 0.6) is 5.75 Å². The first-order valence-corrected chi connectivity index (χ1v) is 4.51. The summed E-state index contributed by atoms with van der Waals surface area (Å²) >= 11 is 0. The number of hydrogen-bond donors (Lipinski definition) is 2.